The van der Waals surface area contributed by atoms with E-state index in [1.54, 1.807) is 0 Å². The number of hydrogen-bond donors (Lipinski definition) is 5. The van der Waals surface area contributed by atoms with Crippen LogP contribution >= 0.6 is 0 Å². The number of primary amides is 1. The largest absolute Gasteiger partial charge is 0.480 e. The van der Waals surface area contributed by atoms with Crippen molar-refractivity contribution in [3.63, 3.8) is 0 Å². The van der Waals surface area contributed by atoms with Crippen LogP contribution in [0.3, 0.4) is 0 Å². The summed E-state index contributed by atoms with van der Waals surface area (Å²) in [6, 6.07) is -2.82. The fraction of sp³-hybridized carbons (Fsp3) is 0.706. The quantitative estimate of drug-likeness (QED) is 0.405. The smallest absolute Gasteiger partial charge is 0.326 e. The third-order valence-corrected chi connectivity index (χ3v) is 4.85. The molecule has 2 aliphatic rings. The van der Waals surface area contributed by atoms with Gasteiger partial charge in [0.15, 0.2) is 0 Å². The predicted molar refractivity (Wildman–Crippen MR) is 93.7 cm³/mol. The van der Waals surface area contributed by atoms with Gasteiger partial charge in [-0.2, -0.15) is 0 Å². The highest BCUT2D eigenvalue weighted by Gasteiger charge is 2.31. The number of nitrogens with two attached hydrogens (primary N) is 2. The zero-order valence-corrected chi connectivity index (χ0v) is 15.1. The van der Waals surface area contributed by atoms with Crippen LogP contribution in [0.4, 0.5) is 4.79 Å². The number of aliphatic carboxylic acids is 2. The summed E-state index contributed by atoms with van der Waals surface area (Å²) in [6.45, 7) is 0. The van der Waals surface area contributed by atoms with Gasteiger partial charge in [-0.05, 0) is 38.5 Å². The summed E-state index contributed by atoms with van der Waals surface area (Å²) in [5.74, 6) is -2.28. The monoisotopic (exact) mass is 385 g/mol. The van der Waals surface area contributed by atoms with Gasteiger partial charge in [0, 0.05) is 24.7 Å². The Balaban J connectivity index is 0.000000277. The zero-order chi connectivity index (χ0) is 20.6. The van der Waals surface area contributed by atoms with Crippen molar-refractivity contribution >= 4 is 29.5 Å². The van der Waals surface area contributed by atoms with Gasteiger partial charge in [-0.15, -0.1) is 0 Å². The Morgan fingerprint density at radius 1 is 0.963 bits per heavy atom. The first-order chi connectivity index (χ1) is 12.6. The highest BCUT2D eigenvalue weighted by molar-refractivity contribution is 5.85. The molecule has 0 aromatic rings. The predicted octanol–water partition coefficient (Wildman–Crippen LogP) is 0.0248. The number of amides is 2. The second kappa shape index (κ2) is 10.6. The molecule has 3 unspecified atom stereocenters. The Labute approximate surface area is 156 Å². The van der Waals surface area contributed by atoms with Crippen LogP contribution in [0.25, 0.3) is 0 Å². The highest BCUT2D eigenvalue weighted by Crippen LogP contribution is 2.26. The van der Waals surface area contributed by atoms with Crippen LogP contribution in [0.2, 0.25) is 0 Å². The summed E-state index contributed by atoms with van der Waals surface area (Å²) in [5, 5.41) is 19.4. The number of carboxylic acid groups (broad SMARTS) is 2. The molecule has 2 fully saturated rings. The van der Waals surface area contributed by atoms with Gasteiger partial charge in [0.1, 0.15) is 23.7 Å². The Kier molecular flexibility index (Phi) is 8.86. The first-order valence-corrected chi connectivity index (χ1v) is 8.94. The molecular formula is C17H27N3O7. The SMILES string of the molecule is NC(=O)NC(CC1CCCC1=O)C(=O)O.N[C@@H](CC1CCCC1=O)C(=O)O. The number of carboxylic acids is 2. The molecule has 4 atom stereocenters. The average molecular weight is 385 g/mol. The molecule has 0 radical (unpaired) electrons. The van der Waals surface area contributed by atoms with E-state index < -0.39 is 30.1 Å². The standard InChI is InChI=1S/C9H14N2O4.C8H13NO3/c10-9(15)11-6(8(13)14)4-5-2-1-3-7(5)12;9-6(8(11)12)4-5-2-1-3-7(5)10/h5-6H,1-4H2,(H,13,14)(H3,10,11,15);5-6H,1-4,9H2,(H,11,12)/t;5?,6-/m.0/s1. The second-order valence-corrected chi connectivity index (χ2v) is 6.93. The van der Waals surface area contributed by atoms with Crippen molar-refractivity contribution in [1.29, 1.82) is 0 Å². The topological polar surface area (TPSA) is 190 Å². The molecule has 0 aromatic carbocycles. The third kappa shape index (κ3) is 7.73. The lowest BCUT2D eigenvalue weighted by Crippen LogP contribution is -2.44. The number of nitrogens with one attached hydrogen (secondary N) is 1. The van der Waals surface area contributed by atoms with Gasteiger partial charge in [0.05, 0.1) is 0 Å². The highest BCUT2D eigenvalue weighted by atomic mass is 16.4. The van der Waals surface area contributed by atoms with E-state index in [0.29, 0.717) is 25.7 Å². The van der Waals surface area contributed by atoms with Crippen LogP contribution < -0.4 is 16.8 Å². The minimum Gasteiger partial charge on any atom is -0.480 e. The fourth-order valence-electron chi connectivity index (χ4n) is 3.36. The zero-order valence-electron chi connectivity index (χ0n) is 15.1. The summed E-state index contributed by atoms with van der Waals surface area (Å²) in [7, 11) is 0. The van der Waals surface area contributed by atoms with E-state index in [-0.39, 0.29) is 29.8 Å². The van der Waals surface area contributed by atoms with Gasteiger partial charge in [-0.25, -0.2) is 9.59 Å². The van der Waals surface area contributed by atoms with Gasteiger partial charge in [0.2, 0.25) is 0 Å². The summed E-state index contributed by atoms with van der Waals surface area (Å²) < 4.78 is 0. The summed E-state index contributed by atoms with van der Waals surface area (Å²) in [6.07, 6.45) is 4.72. The van der Waals surface area contributed by atoms with Crippen molar-refractivity contribution in [2.24, 2.45) is 23.3 Å². The lowest BCUT2D eigenvalue weighted by atomic mass is 9.97. The van der Waals surface area contributed by atoms with Crippen molar-refractivity contribution in [3.8, 4) is 0 Å². The molecule has 10 nitrogen and oxygen atoms in total. The van der Waals surface area contributed by atoms with Crippen LogP contribution in [-0.4, -0.2) is 51.8 Å². The van der Waals surface area contributed by atoms with Crippen molar-refractivity contribution in [1.82, 2.24) is 5.32 Å². The molecule has 2 aliphatic carbocycles. The van der Waals surface area contributed by atoms with E-state index in [2.05, 4.69) is 5.32 Å². The molecule has 0 saturated heterocycles. The molecule has 2 saturated carbocycles. The third-order valence-electron chi connectivity index (χ3n) is 4.85. The molecule has 0 spiro atoms. The molecule has 2 rings (SSSR count). The van der Waals surface area contributed by atoms with E-state index in [1.165, 1.54) is 0 Å². The minimum absolute atomic E-state index is 0.0764. The fourth-order valence-corrected chi connectivity index (χ4v) is 3.36. The first kappa shape index (κ1) is 22.6. The number of rotatable bonds is 7. The molecule has 0 heterocycles. The van der Waals surface area contributed by atoms with E-state index in [9.17, 15) is 24.0 Å². The summed E-state index contributed by atoms with van der Waals surface area (Å²) >= 11 is 0. The summed E-state index contributed by atoms with van der Waals surface area (Å²) in [5.41, 5.74) is 10.1. The van der Waals surface area contributed by atoms with Crippen molar-refractivity contribution in [2.45, 2.75) is 63.5 Å². The van der Waals surface area contributed by atoms with Gasteiger partial charge < -0.3 is 27.0 Å². The molecule has 0 bridgehead atoms. The van der Waals surface area contributed by atoms with Gasteiger partial charge in [0.25, 0.3) is 0 Å². The van der Waals surface area contributed by atoms with Crippen LogP contribution in [0.1, 0.15) is 51.4 Å². The Morgan fingerprint density at radius 2 is 1.44 bits per heavy atom. The number of hydrogen-bond acceptors (Lipinski definition) is 6. The lowest BCUT2D eigenvalue weighted by molar-refractivity contribution is -0.140. The molecule has 0 aromatic heterocycles. The van der Waals surface area contributed by atoms with Crippen LogP contribution in [0, 0.1) is 11.8 Å². The normalized spacial score (nSPS) is 23.9. The van der Waals surface area contributed by atoms with Crippen molar-refractivity contribution in [2.75, 3.05) is 0 Å². The number of carbonyl (C=O) groups excluding carboxylic acids is 3. The van der Waals surface area contributed by atoms with Crippen molar-refractivity contribution < 1.29 is 34.2 Å². The van der Waals surface area contributed by atoms with Gasteiger partial charge in [-0.3, -0.25) is 14.4 Å². The molecule has 27 heavy (non-hydrogen) atoms. The first-order valence-electron chi connectivity index (χ1n) is 8.94. The lowest BCUT2D eigenvalue weighted by Gasteiger charge is -2.15. The molecule has 10 heteroatoms. The van der Waals surface area contributed by atoms with Gasteiger partial charge in [-0.1, -0.05) is 0 Å². The number of carbonyl (C=O) groups is 5. The maximum atomic E-state index is 11.3. The van der Waals surface area contributed by atoms with Crippen LogP contribution in [-0.2, 0) is 19.2 Å². The number of Topliss-reactive ketones (excluding diaryl/α,β-unsaturated/α-hetero) is 2. The molecule has 0 aliphatic heterocycles. The Hall–Kier alpha value is -2.49. The number of urea groups is 1. The van der Waals surface area contributed by atoms with Crippen LogP contribution in [0.15, 0.2) is 0 Å². The maximum Gasteiger partial charge on any atom is 0.326 e. The molecular weight excluding hydrogens is 358 g/mol. The van der Waals surface area contributed by atoms with Crippen molar-refractivity contribution in [3.05, 3.63) is 0 Å². The van der Waals surface area contributed by atoms with E-state index >= 15 is 0 Å². The Bertz CT molecular complexity index is 593. The van der Waals surface area contributed by atoms with Crippen LogP contribution in [0.5, 0.6) is 0 Å². The van der Waals surface area contributed by atoms with E-state index in [1.807, 2.05) is 0 Å². The molecule has 7 N–H and O–H groups in total. The Morgan fingerprint density at radius 3 is 1.78 bits per heavy atom. The van der Waals surface area contributed by atoms with E-state index in [0.717, 1.165) is 19.3 Å². The van der Waals surface area contributed by atoms with E-state index in [4.69, 9.17) is 21.7 Å². The minimum atomic E-state index is -1.16. The van der Waals surface area contributed by atoms with Gasteiger partial charge >= 0.3 is 18.0 Å². The maximum absolute atomic E-state index is 11.3. The summed E-state index contributed by atoms with van der Waals surface area (Å²) in [4.78, 5) is 54.0. The average Bonchev–Trinajstić information content (AvgIpc) is 3.16. The second-order valence-electron chi connectivity index (χ2n) is 6.93. The molecule has 152 valence electrons. The number of ketones is 2. The molecule has 2 amide bonds.